The number of fused-ring (bicyclic) bond motifs is 2. The molecule has 4 aliphatic rings. The predicted octanol–water partition coefficient (Wildman–Crippen LogP) is 1.88. The van der Waals surface area contributed by atoms with Crippen molar-refractivity contribution in [1.82, 2.24) is 4.90 Å². The lowest BCUT2D eigenvalue weighted by molar-refractivity contribution is -0.138. The second-order valence-corrected chi connectivity index (χ2v) is 7.72. The van der Waals surface area contributed by atoms with E-state index in [0.29, 0.717) is 12.0 Å². The van der Waals surface area contributed by atoms with Gasteiger partial charge in [0.1, 0.15) is 0 Å². The molecule has 0 saturated carbocycles. The van der Waals surface area contributed by atoms with Crippen LogP contribution in [0.2, 0.25) is 0 Å². The predicted molar refractivity (Wildman–Crippen MR) is 94.1 cm³/mol. The molecule has 2 N–H and O–H groups in total. The van der Waals surface area contributed by atoms with Gasteiger partial charge in [-0.3, -0.25) is 4.90 Å². The Morgan fingerprint density at radius 3 is 3.04 bits per heavy atom. The van der Waals surface area contributed by atoms with Gasteiger partial charge in [0.05, 0.1) is 18.1 Å². The lowest BCUT2D eigenvalue weighted by Crippen LogP contribution is -2.58. The molecule has 1 aromatic carbocycles. The molecular formula is C20H24N2O3. The van der Waals surface area contributed by atoms with Gasteiger partial charge in [0, 0.05) is 24.0 Å². The quantitative estimate of drug-likeness (QED) is 0.823. The van der Waals surface area contributed by atoms with E-state index >= 15 is 0 Å². The second-order valence-electron chi connectivity index (χ2n) is 7.72. The minimum absolute atomic E-state index is 0.156. The van der Waals surface area contributed by atoms with Crippen molar-refractivity contribution in [2.24, 2.45) is 11.8 Å². The lowest BCUT2D eigenvalue weighted by Gasteiger charge is -2.52. The molecule has 1 spiro atoms. The number of aliphatic hydroxyl groups is 1. The van der Waals surface area contributed by atoms with E-state index in [4.69, 9.17) is 4.74 Å². The van der Waals surface area contributed by atoms with Crippen molar-refractivity contribution in [3.8, 4) is 0 Å². The van der Waals surface area contributed by atoms with E-state index in [1.807, 2.05) is 6.07 Å². The van der Waals surface area contributed by atoms with E-state index < -0.39 is 0 Å². The van der Waals surface area contributed by atoms with Crippen molar-refractivity contribution >= 4 is 11.7 Å². The fraction of sp³-hybridized carbons (Fsp3) is 0.550. The maximum atomic E-state index is 12.8. The molecule has 0 aromatic heterocycles. The Hall–Kier alpha value is -1.85. The van der Waals surface area contributed by atoms with Crippen molar-refractivity contribution in [3.05, 3.63) is 41.1 Å². The van der Waals surface area contributed by atoms with E-state index in [9.17, 15) is 9.90 Å². The van der Waals surface area contributed by atoms with E-state index in [0.717, 1.165) is 49.3 Å². The first kappa shape index (κ1) is 15.4. The molecule has 2 saturated heterocycles. The highest BCUT2D eigenvalue weighted by atomic mass is 16.5. The molecule has 5 nitrogen and oxygen atoms in total. The molecule has 5 rings (SSSR count). The van der Waals surface area contributed by atoms with Crippen LogP contribution in [0.25, 0.3) is 0 Å². The number of para-hydroxylation sites is 1. The monoisotopic (exact) mass is 340 g/mol. The van der Waals surface area contributed by atoms with Crippen molar-refractivity contribution in [3.63, 3.8) is 0 Å². The number of rotatable bonds is 3. The van der Waals surface area contributed by atoms with Gasteiger partial charge in [0.25, 0.3) is 0 Å². The highest BCUT2D eigenvalue weighted by Gasteiger charge is 2.64. The molecule has 25 heavy (non-hydrogen) atoms. The second kappa shape index (κ2) is 5.32. The van der Waals surface area contributed by atoms with Crippen molar-refractivity contribution in [1.29, 1.82) is 0 Å². The lowest BCUT2D eigenvalue weighted by atomic mass is 9.57. The smallest absolute Gasteiger partial charge is 0.335 e. The third-order valence-corrected chi connectivity index (χ3v) is 6.96. The van der Waals surface area contributed by atoms with Crippen LogP contribution >= 0.6 is 0 Å². The van der Waals surface area contributed by atoms with Crippen LogP contribution in [0.3, 0.4) is 0 Å². The number of carbonyl (C=O) groups is 1. The Morgan fingerprint density at radius 2 is 2.24 bits per heavy atom. The molecule has 2 fully saturated rings. The first-order valence-electron chi connectivity index (χ1n) is 9.26. The van der Waals surface area contributed by atoms with Gasteiger partial charge in [0.15, 0.2) is 0 Å². The first-order valence-corrected chi connectivity index (χ1v) is 9.26. The van der Waals surface area contributed by atoms with E-state index in [1.54, 1.807) is 0 Å². The zero-order chi connectivity index (χ0) is 17.2. The van der Waals surface area contributed by atoms with E-state index in [2.05, 4.69) is 28.4 Å². The molecule has 2 bridgehead atoms. The summed E-state index contributed by atoms with van der Waals surface area (Å²) in [6.07, 6.45) is 2.72. The third kappa shape index (κ3) is 1.78. The highest BCUT2D eigenvalue weighted by Crippen LogP contribution is 2.62. The van der Waals surface area contributed by atoms with E-state index in [1.165, 1.54) is 12.7 Å². The number of ether oxygens (including phenoxy) is 1. The number of hydrogen-bond donors (Lipinski definition) is 2. The molecule has 0 amide bonds. The summed E-state index contributed by atoms with van der Waals surface area (Å²) in [5.41, 5.74) is 4.18. The summed E-state index contributed by atoms with van der Waals surface area (Å²) in [7, 11) is 1.47. The van der Waals surface area contributed by atoms with Crippen molar-refractivity contribution in [2.45, 2.75) is 30.7 Å². The molecule has 1 aromatic rings. The van der Waals surface area contributed by atoms with Crippen LogP contribution in [-0.4, -0.2) is 48.8 Å². The molecule has 1 aliphatic carbocycles. The number of carbonyl (C=O) groups excluding carboxylic acids is 1. The summed E-state index contributed by atoms with van der Waals surface area (Å²) in [4.78, 5) is 15.4. The Labute approximate surface area is 147 Å². The summed E-state index contributed by atoms with van der Waals surface area (Å²) in [6, 6.07) is 8.81. The van der Waals surface area contributed by atoms with Crippen LogP contribution in [-0.2, 0) is 14.9 Å². The third-order valence-electron chi connectivity index (χ3n) is 6.96. The number of nitrogens with one attached hydrogen (secondary N) is 1. The van der Waals surface area contributed by atoms with Gasteiger partial charge in [0.2, 0.25) is 0 Å². The summed E-state index contributed by atoms with van der Waals surface area (Å²) in [6.45, 7) is 2.24. The zero-order valence-corrected chi connectivity index (χ0v) is 14.5. The summed E-state index contributed by atoms with van der Waals surface area (Å²) in [5.74, 6) is 0.261. The average molecular weight is 340 g/mol. The standard InChI is InChI=1S/C20H24N2O3/c1-25-19(24)16-12-6-9-22-10-8-20(18(22)13(12)7-11-23)14-4-2-3-5-15(14)21-17(16)20/h2-5,12-13,18,21,23H,6-11H2,1H3/t12-,13-,18+,20+/m0/s1. The number of piperidine rings is 1. The molecule has 4 atom stereocenters. The van der Waals surface area contributed by atoms with Crippen LogP contribution in [0, 0.1) is 11.8 Å². The molecule has 0 radical (unpaired) electrons. The summed E-state index contributed by atoms with van der Waals surface area (Å²) in [5, 5.41) is 13.3. The van der Waals surface area contributed by atoms with Gasteiger partial charge < -0.3 is 15.2 Å². The van der Waals surface area contributed by atoms with Crippen LogP contribution in [0.15, 0.2) is 35.5 Å². The van der Waals surface area contributed by atoms with Gasteiger partial charge in [-0.05, 0) is 55.8 Å². The summed E-state index contributed by atoms with van der Waals surface area (Å²) < 4.78 is 5.20. The molecule has 132 valence electrons. The van der Waals surface area contributed by atoms with Crippen LogP contribution in [0.4, 0.5) is 5.69 Å². The SMILES string of the molecule is COC(=O)C1=C2Nc3ccccc3[C@]23CCN2CC[C@H]1[C@H](CCO)[C@@H]23. The normalized spacial score (nSPS) is 35.2. The largest absolute Gasteiger partial charge is 0.466 e. The number of esters is 1. The van der Waals surface area contributed by atoms with E-state index in [-0.39, 0.29) is 23.9 Å². The molecular weight excluding hydrogens is 316 g/mol. The Morgan fingerprint density at radius 1 is 1.40 bits per heavy atom. The van der Waals surface area contributed by atoms with Gasteiger partial charge in [-0.15, -0.1) is 0 Å². The number of hydrogen-bond acceptors (Lipinski definition) is 5. The number of nitrogens with zero attached hydrogens (tertiary/aromatic N) is 1. The topological polar surface area (TPSA) is 61.8 Å². The minimum Gasteiger partial charge on any atom is -0.466 e. The first-order chi connectivity index (χ1) is 12.2. The van der Waals surface area contributed by atoms with Gasteiger partial charge >= 0.3 is 5.97 Å². The molecule has 0 unspecified atom stereocenters. The van der Waals surface area contributed by atoms with Crippen LogP contribution in [0.1, 0.15) is 24.8 Å². The number of methoxy groups -OCH3 is 1. The Balaban J connectivity index is 1.80. The summed E-state index contributed by atoms with van der Waals surface area (Å²) >= 11 is 0. The van der Waals surface area contributed by atoms with Crippen molar-refractivity contribution < 1.29 is 14.6 Å². The molecule has 3 heterocycles. The Kier molecular flexibility index (Phi) is 3.28. The maximum absolute atomic E-state index is 12.8. The average Bonchev–Trinajstić information content (AvgIpc) is 3.19. The van der Waals surface area contributed by atoms with Gasteiger partial charge in [-0.1, -0.05) is 18.2 Å². The molecule has 3 aliphatic heterocycles. The van der Waals surface area contributed by atoms with Gasteiger partial charge in [-0.25, -0.2) is 4.79 Å². The fourth-order valence-corrected chi connectivity index (χ4v) is 6.20. The fourth-order valence-electron chi connectivity index (χ4n) is 6.20. The number of anilines is 1. The zero-order valence-electron chi connectivity index (χ0n) is 14.5. The maximum Gasteiger partial charge on any atom is 0.335 e. The van der Waals surface area contributed by atoms with Crippen LogP contribution < -0.4 is 5.32 Å². The van der Waals surface area contributed by atoms with Gasteiger partial charge in [-0.2, -0.15) is 0 Å². The van der Waals surface area contributed by atoms with Crippen LogP contribution in [0.5, 0.6) is 0 Å². The molecule has 5 heteroatoms. The number of aliphatic hydroxyl groups excluding tert-OH is 1. The minimum atomic E-state index is -0.207. The number of benzene rings is 1. The van der Waals surface area contributed by atoms with Crippen molar-refractivity contribution in [2.75, 3.05) is 32.1 Å². The Bertz CT molecular complexity index is 774. The highest BCUT2D eigenvalue weighted by molar-refractivity contribution is 5.93.